The number of amides is 1. The fourth-order valence-corrected chi connectivity index (χ4v) is 6.39. The monoisotopic (exact) mass is 553 g/mol. The SMILES string of the molecule is O=C(CSc1nc2sc3c(c2c(=O)n1-c1ccc(Cl)cc1)CCCC3)NN=Cc1cccc([N+](=O)[O-])c1. The van der Waals surface area contributed by atoms with E-state index in [1.54, 1.807) is 41.7 Å². The van der Waals surface area contributed by atoms with E-state index in [1.807, 2.05) is 0 Å². The molecular formula is C25H20ClN5O4S2. The summed E-state index contributed by atoms with van der Waals surface area (Å²) in [6, 6.07) is 12.8. The Hall–Kier alpha value is -3.54. The van der Waals surface area contributed by atoms with E-state index in [2.05, 4.69) is 10.5 Å². The van der Waals surface area contributed by atoms with Crippen LogP contribution >= 0.6 is 34.7 Å². The van der Waals surface area contributed by atoms with Gasteiger partial charge in [-0.25, -0.2) is 10.4 Å². The van der Waals surface area contributed by atoms with Crippen LogP contribution in [0.5, 0.6) is 0 Å². The average molecular weight is 554 g/mol. The number of carbonyl (C=O) groups excluding carboxylic acids is 1. The molecular weight excluding hydrogens is 534 g/mol. The Labute approximate surface area is 224 Å². The van der Waals surface area contributed by atoms with Crippen molar-refractivity contribution in [1.29, 1.82) is 0 Å². The number of non-ortho nitro benzene ring substituents is 1. The van der Waals surface area contributed by atoms with Crippen molar-refractivity contribution in [2.24, 2.45) is 5.10 Å². The summed E-state index contributed by atoms with van der Waals surface area (Å²) in [6.45, 7) is 0. The summed E-state index contributed by atoms with van der Waals surface area (Å²) < 4.78 is 1.53. The molecule has 1 amide bonds. The fourth-order valence-electron chi connectivity index (χ4n) is 4.16. The number of rotatable bonds is 7. The minimum absolute atomic E-state index is 0.0388. The molecule has 1 aliphatic carbocycles. The topological polar surface area (TPSA) is 119 Å². The molecule has 2 heterocycles. The number of hydrogen-bond acceptors (Lipinski definition) is 8. The predicted octanol–water partition coefficient (Wildman–Crippen LogP) is 5.13. The van der Waals surface area contributed by atoms with Crippen molar-refractivity contribution in [3.63, 3.8) is 0 Å². The molecule has 0 spiro atoms. The fraction of sp³-hybridized carbons (Fsp3) is 0.200. The van der Waals surface area contributed by atoms with Gasteiger partial charge in [-0.15, -0.1) is 11.3 Å². The lowest BCUT2D eigenvalue weighted by molar-refractivity contribution is -0.384. The van der Waals surface area contributed by atoms with Crippen molar-refractivity contribution < 1.29 is 9.72 Å². The largest absolute Gasteiger partial charge is 0.272 e. The highest BCUT2D eigenvalue weighted by atomic mass is 35.5. The van der Waals surface area contributed by atoms with Gasteiger partial charge in [-0.2, -0.15) is 5.10 Å². The lowest BCUT2D eigenvalue weighted by Gasteiger charge is -2.13. The van der Waals surface area contributed by atoms with E-state index >= 15 is 0 Å². The molecule has 0 saturated heterocycles. The molecule has 1 aliphatic rings. The zero-order valence-electron chi connectivity index (χ0n) is 19.3. The van der Waals surface area contributed by atoms with Crippen molar-refractivity contribution in [3.8, 4) is 5.69 Å². The second-order valence-electron chi connectivity index (χ2n) is 8.34. The standard InChI is InChI=1S/C25H20ClN5O4S2/c26-16-8-10-17(11-9-16)30-24(33)22-19-6-1-2-7-20(19)37-23(22)28-25(30)36-14-21(32)29-27-13-15-4-3-5-18(12-15)31(34)35/h3-5,8-13H,1-2,6-7,14H2,(H,29,32). The highest BCUT2D eigenvalue weighted by molar-refractivity contribution is 7.99. The Balaban J connectivity index is 1.40. The first-order chi connectivity index (χ1) is 17.9. The molecule has 5 rings (SSSR count). The van der Waals surface area contributed by atoms with Crippen LogP contribution in [0.1, 0.15) is 28.8 Å². The number of aromatic nitrogens is 2. The van der Waals surface area contributed by atoms with Gasteiger partial charge in [0, 0.05) is 27.6 Å². The van der Waals surface area contributed by atoms with E-state index in [-0.39, 0.29) is 17.0 Å². The summed E-state index contributed by atoms with van der Waals surface area (Å²) in [5.41, 5.74) is 4.39. The molecule has 2 aromatic heterocycles. The highest BCUT2D eigenvalue weighted by Crippen LogP contribution is 2.35. The van der Waals surface area contributed by atoms with E-state index in [4.69, 9.17) is 16.6 Å². The van der Waals surface area contributed by atoms with Crippen LogP contribution in [0.2, 0.25) is 5.02 Å². The quantitative estimate of drug-likeness (QED) is 0.111. The third-order valence-electron chi connectivity index (χ3n) is 5.86. The molecule has 12 heteroatoms. The van der Waals surface area contributed by atoms with Crippen LogP contribution in [-0.2, 0) is 17.6 Å². The van der Waals surface area contributed by atoms with Crippen molar-refractivity contribution in [2.75, 3.05) is 5.75 Å². The van der Waals surface area contributed by atoms with Gasteiger partial charge >= 0.3 is 0 Å². The number of nitrogens with zero attached hydrogens (tertiary/aromatic N) is 4. The number of thioether (sulfide) groups is 1. The summed E-state index contributed by atoms with van der Waals surface area (Å²) in [4.78, 5) is 43.3. The first-order valence-electron chi connectivity index (χ1n) is 11.4. The second kappa shape index (κ2) is 10.8. The zero-order chi connectivity index (χ0) is 25.9. The number of carbonyl (C=O) groups is 1. The maximum absolute atomic E-state index is 13.7. The minimum atomic E-state index is -0.499. The van der Waals surface area contributed by atoms with Crippen molar-refractivity contribution >= 4 is 62.7 Å². The molecule has 0 saturated carbocycles. The van der Waals surface area contributed by atoms with Crippen molar-refractivity contribution in [1.82, 2.24) is 15.0 Å². The number of nitro groups is 1. The third-order valence-corrected chi connectivity index (χ3v) is 8.24. The number of benzene rings is 2. The van der Waals surface area contributed by atoms with Crippen LogP contribution in [0.4, 0.5) is 5.69 Å². The average Bonchev–Trinajstić information content (AvgIpc) is 3.27. The lowest BCUT2D eigenvalue weighted by atomic mass is 9.97. The molecule has 2 aromatic carbocycles. The summed E-state index contributed by atoms with van der Waals surface area (Å²) in [5.74, 6) is -0.447. The van der Waals surface area contributed by atoms with Crippen LogP contribution < -0.4 is 11.0 Å². The Bertz CT molecular complexity index is 1600. The van der Waals surface area contributed by atoms with Gasteiger partial charge in [0.2, 0.25) is 0 Å². The van der Waals surface area contributed by atoms with Crippen LogP contribution in [0.25, 0.3) is 15.9 Å². The van der Waals surface area contributed by atoms with E-state index in [0.717, 1.165) is 43.0 Å². The summed E-state index contributed by atoms with van der Waals surface area (Å²) in [6.07, 6.45) is 5.30. The molecule has 0 radical (unpaired) electrons. The first kappa shape index (κ1) is 25.1. The molecule has 0 aliphatic heterocycles. The summed E-state index contributed by atoms with van der Waals surface area (Å²) in [7, 11) is 0. The Morgan fingerprint density at radius 1 is 1.24 bits per heavy atom. The number of aryl methyl sites for hydroxylation is 2. The van der Waals surface area contributed by atoms with Gasteiger partial charge < -0.3 is 0 Å². The van der Waals surface area contributed by atoms with Crippen LogP contribution in [-0.4, -0.2) is 32.3 Å². The van der Waals surface area contributed by atoms with Gasteiger partial charge in [-0.05, 0) is 55.5 Å². The molecule has 188 valence electrons. The van der Waals surface area contributed by atoms with Gasteiger partial charge in [-0.3, -0.25) is 24.3 Å². The van der Waals surface area contributed by atoms with E-state index in [9.17, 15) is 19.7 Å². The van der Waals surface area contributed by atoms with Crippen molar-refractivity contribution in [2.45, 2.75) is 30.8 Å². The van der Waals surface area contributed by atoms with Gasteiger partial charge in [-0.1, -0.05) is 35.5 Å². The van der Waals surface area contributed by atoms with E-state index < -0.39 is 10.8 Å². The number of fused-ring (bicyclic) bond motifs is 3. The Morgan fingerprint density at radius 3 is 2.81 bits per heavy atom. The van der Waals surface area contributed by atoms with Crippen LogP contribution in [0.15, 0.2) is 63.6 Å². The third kappa shape index (κ3) is 5.43. The molecule has 0 fully saturated rings. The van der Waals surface area contributed by atoms with Gasteiger partial charge in [0.15, 0.2) is 5.16 Å². The molecule has 0 bridgehead atoms. The minimum Gasteiger partial charge on any atom is -0.272 e. The summed E-state index contributed by atoms with van der Waals surface area (Å²) >= 11 is 8.75. The maximum Gasteiger partial charge on any atom is 0.270 e. The van der Waals surface area contributed by atoms with Crippen LogP contribution in [0, 0.1) is 10.1 Å². The molecule has 0 unspecified atom stereocenters. The number of nitro benzene ring substituents is 1. The van der Waals surface area contributed by atoms with E-state index in [0.29, 0.717) is 31.6 Å². The lowest BCUT2D eigenvalue weighted by Crippen LogP contribution is -2.24. The number of nitrogens with one attached hydrogen (secondary N) is 1. The number of halogens is 1. The molecule has 4 aromatic rings. The Kier molecular flexibility index (Phi) is 7.36. The van der Waals surface area contributed by atoms with Crippen LogP contribution in [0.3, 0.4) is 0 Å². The van der Waals surface area contributed by atoms with Gasteiger partial charge in [0.1, 0.15) is 4.83 Å². The number of hydrazone groups is 1. The number of hydrogen-bond donors (Lipinski definition) is 1. The van der Waals surface area contributed by atoms with Crippen molar-refractivity contribution in [3.05, 3.63) is 90.0 Å². The molecule has 1 N–H and O–H groups in total. The number of thiophene rings is 1. The maximum atomic E-state index is 13.7. The molecule has 0 atom stereocenters. The Morgan fingerprint density at radius 2 is 2.03 bits per heavy atom. The highest BCUT2D eigenvalue weighted by Gasteiger charge is 2.23. The van der Waals surface area contributed by atoms with E-state index in [1.165, 1.54) is 33.9 Å². The second-order valence-corrected chi connectivity index (χ2v) is 10.8. The smallest absolute Gasteiger partial charge is 0.270 e. The zero-order valence-corrected chi connectivity index (χ0v) is 21.7. The summed E-state index contributed by atoms with van der Waals surface area (Å²) in [5, 5.41) is 16.4. The normalized spacial score (nSPS) is 13.1. The van der Waals surface area contributed by atoms with Gasteiger partial charge in [0.05, 0.1) is 28.0 Å². The van der Waals surface area contributed by atoms with Gasteiger partial charge in [0.25, 0.3) is 17.2 Å². The molecule has 37 heavy (non-hydrogen) atoms. The first-order valence-corrected chi connectivity index (χ1v) is 13.6. The predicted molar refractivity (Wildman–Crippen MR) is 146 cm³/mol. The molecule has 9 nitrogen and oxygen atoms in total.